The third-order valence-electron chi connectivity index (χ3n) is 3.73. The van der Waals surface area contributed by atoms with Gasteiger partial charge in [0.15, 0.2) is 16.3 Å². The van der Waals surface area contributed by atoms with E-state index in [-0.39, 0.29) is 11.0 Å². The average molecular weight is 390 g/mol. The molecule has 8 heteroatoms. The molecule has 0 saturated heterocycles. The van der Waals surface area contributed by atoms with Gasteiger partial charge in [-0.3, -0.25) is 10.1 Å². The van der Waals surface area contributed by atoms with Gasteiger partial charge in [0, 0.05) is 23.5 Å². The summed E-state index contributed by atoms with van der Waals surface area (Å²) in [7, 11) is 0. The Morgan fingerprint density at radius 2 is 1.96 bits per heavy atom. The molecule has 2 N–H and O–H groups in total. The Bertz CT molecular complexity index is 1110. The number of fused-ring (bicyclic) bond motifs is 1. The smallest absolute Gasteiger partial charge is 0.250 e. The molecule has 1 amide bonds. The first kappa shape index (κ1) is 17.6. The third kappa shape index (κ3) is 4.13. The first-order valence-corrected chi connectivity index (χ1v) is 8.74. The molecule has 1 aromatic carbocycles. The van der Waals surface area contributed by atoms with Crippen molar-refractivity contribution in [3.63, 3.8) is 0 Å². The summed E-state index contributed by atoms with van der Waals surface area (Å²) < 4.78 is 10.8. The second-order valence-electron chi connectivity index (χ2n) is 5.71. The second-order valence-corrected chi connectivity index (χ2v) is 6.12. The van der Waals surface area contributed by atoms with E-state index in [1.165, 1.54) is 12.3 Å². The zero-order valence-corrected chi connectivity index (χ0v) is 15.3. The zero-order chi connectivity index (χ0) is 19.3. The van der Waals surface area contributed by atoms with Crippen molar-refractivity contribution in [2.75, 3.05) is 5.32 Å². The van der Waals surface area contributed by atoms with Crippen LogP contribution in [0.4, 0.5) is 5.69 Å². The lowest BCUT2D eigenvalue weighted by Gasteiger charge is -2.08. The van der Waals surface area contributed by atoms with Crippen LogP contribution in [-0.2, 0) is 4.79 Å². The molecule has 28 heavy (non-hydrogen) atoms. The first-order valence-electron chi connectivity index (χ1n) is 8.33. The van der Waals surface area contributed by atoms with Gasteiger partial charge in [0.1, 0.15) is 5.76 Å². The first-order chi connectivity index (χ1) is 13.7. The predicted octanol–water partition coefficient (Wildman–Crippen LogP) is 4.01. The maximum absolute atomic E-state index is 11.9. The molecule has 4 aromatic rings. The van der Waals surface area contributed by atoms with Gasteiger partial charge in [-0.15, -0.1) is 0 Å². The van der Waals surface area contributed by atoms with Crippen molar-refractivity contribution in [3.05, 3.63) is 72.8 Å². The van der Waals surface area contributed by atoms with Crippen molar-refractivity contribution in [2.24, 2.45) is 0 Å². The second kappa shape index (κ2) is 7.85. The van der Waals surface area contributed by atoms with Gasteiger partial charge in [0.25, 0.3) is 0 Å². The van der Waals surface area contributed by atoms with Gasteiger partial charge >= 0.3 is 0 Å². The minimum atomic E-state index is -0.357. The largest absolute Gasteiger partial charge is 0.465 e. The number of aromatic nitrogens is 2. The fourth-order valence-corrected chi connectivity index (χ4v) is 2.67. The Labute approximate surface area is 165 Å². The Kier molecular flexibility index (Phi) is 4.94. The highest BCUT2D eigenvalue weighted by Gasteiger charge is 2.09. The number of pyridine rings is 1. The lowest BCUT2D eigenvalue weighted by atomic mass is 10.2. The minimum Gasteiger partial charge on any atom is -0.465 e. The molecule has 0 unspecified atom stereocenters. The van der Waals surface area contributed by atoms with Crippen LogP contribution in [0.1, 0.15) is 5.76 Å². The van der Waals surface area contributed by atoms with Crippen LogP contribution in [0.15, 0.2) is 75.9 Å². The van der Waals surface area contributed by atoms with Crippen molar-refractivity contribution >= 4 is 46.2 Å². The van der Waals surface area contributed by atoms with Crippen LogP contribution in [0, 0.1) is 0 Å². The van der Waals surface area contributed by atoms with Crippen LogP contribution in [-0.4, -0.2) is 21.0 Å². The van der Waals surface area contributed by atoms with Crippen LogP contribution >= 0.6 is 12.2 Å². The molecule has 0 atom stereocenters. The van der Waals surface area contributed by atoms with Gasteiger partial charge in [0.2, 0.25) is 11.8 Å². The number of anilines is 1. The number of carbonyl (C=O) groups excluding carboxylic acids is 1. The molecule has 0 aliphatic heterocycles. The van der Waals surface area contributed by atoms with E-state index in [1.54, 1.807) is 30.5 Å². The maximum Gasteiger partial charge on any atom is 0.250 e. The Balaban J connectivity index is 1.37. The van der Waals surface area contributed by atoms with Crippen molar-refractivity contribution in [1.29, 1.82) is 0 Å². The van der Waals surface area contributed by atoms with E-state index < -0.39 is 0 Å². The number of rotatable bonds is 4. The molecule has 0 aliphatic rings. The SMILES string of the molecule is O=C(/C=C/c1ccco1)NC(=S)Nc1ccc(-c2nc3ncccc3o2)cc1. The van der Waals surface area contributed by atoms with Gasteiger partial charge in [-0.05, 0) is 66.8 Å². The van der Waals surface area contributed by atoms with E-state index in [9.17, 15) is 4.79 Å². The van der Waals surface area contributed by atoms with Gasteiger partial charge < -0.3 is 14.2 Å². The number of benzene rings is 1. The van der Waals surface area contributed by atoms with Crippen molar-refractivity contribution < 1.29 is 13.6 Å². The normalized spacial score (nSPS) is 11.0. The van der Waals surface area contributed by atoms with E-state index in [1.807, 2.05) is 30.3 Å². The minimum absolute atomic E-state index is 0.188. The molecule has 7 nitrogen and oxygen atoms in total. The van der Waals surface area contributed by atoms with Gasteiger partial charge in [-0.1, -0.05) is 0 Å². The van der Waals surface area contributed by atoms with E-state index >= 15 is 0 Å². The van der Waals surface area contributed by atoms with Crippen LogP contribution < -0.4 is 10.6 Å². The number of carbonyl (C=O) groups is 1. The van der Waals surface area contributed by atoms with Gasteiger partial charge in [-0.25, -0.2) is 4.98 Å². The number of furan rings is 1. The predicted molar refractivity (Wildman–Crippen MR) is 109 cm³/mol. The fraction of sp³-hybridized carbons (Fsp3) is 0. The third-order valence-corrected chi connectivity index (χ3v) is 3.94. The Hall–Kier alpha value is -3.78. The lowest BCUT2D eigenvalue weighted by Crippen LogP contribution is -2.32. The highest BCUT2D eigenvalue weighted by molar-refractivity contribution is 7.80. The average Bonchev–Trinajstić information content (AvgIpc) is 3.36. The number of nitrogens with one attached hydrogen (secondary N) is 2. The summed E-state index contributed by atoms with van der Waals surface area (Å²) in [5, 5.41) is 5.71. The van der Waals surface area contributed by atoms with Gasteiger partial charge in [0.05, 0.1) is 6.26 Å². The van der Waals surface area contributed by atoms with E-state index in [4.69, 9.17) is 21.1 Å². The number of amides is 1. The highest BCUT2D eigenvalue weighted by atomic mass is 32.1. The van der Waals surface area contributed by atoms with E-state index in [0.717, 1.165) is 11.3 Å². The molecule has 138 valence electrons. The zero-order valence-electron chi connectivity index (χ0n) is 14.5. The molecule has 3 heterocycles. The standard InChI is InChI=1S/C20H14N4O3S/c25-17(10-9-15-3-2-12-26-15)23-20(28)22-14-7-5-13(6-8-14)19-24-18-16(27-19)4-1-11-21-18/h1-12H,(H2,22,23,25,28)/b10-9+. The fourth-order valence-electron chi connectivity index (χ4n) is 2.45. The Morgan fingerprint density at radius 3 is 2.71 bits per heavy atom. The molecule has 0 radical (unpaired) electrons. The summed E-state index contributed by atoms with van der Waals surface area (Å²) in [4.78, 5) is 20.4. The summed E-state index contributed by atoms with van der Waals surface area (Å²) in [6, 6.07) is 14.4. The van der Waals surface area contributed by atoms with Crippen molar-refractivity contribution in [3.8, 4) is 11.5 Å². The molecule has 0 saturated carbocycles. The molecule has 3 aromatic heterocycles. The molecule has 0 spiro atoms. The maximum atomic E-state index is 11.9. The van der Waals surface area contributed by atoms with E-state index in [2.05, 4.69) is 20.6 Å². The number of hydrogen-bond donors (Lipinski definition) is 2. The summed E-state index contributed by atoms with van der Waals surface area (Å²) >= 11 is 5.16. The summed E-state index contributed by atoms with van der Waals surface area (Å²) in [5.41, 5.74) is 2.72. The molecular formula is C20H14N4O3S. The summed E-state index contributed by atoms with van der Waals surface area (Å²) in [6.07, 6.45) is 6.10. The Morgan fingerprint density at radius 1 is 1.11 bits per heavy atom. The number of thiocarbonyl (C=S) groups is 1. The van der Waals surface area contributed by atoms with Crippen molar-refractivity contribution in [1.82, 2.24) is 15.3 Å². The summed E-state index contributed by atoms with van der Waals surface area (Å²) in [5.74, 6) is 0.711. The molecule has 4 rings (SSSR count). The number of hydrogen-bond acceptors (Lipinski definition) is 6. The topological polar surface area (TPSA) is 93.2 Å². The van der Waals surface area contributed by atoms with Gasteiger partial charge in [-0.2, -0.15) is 4.98 Å². The van der Waals surface area contributed by atoms with E-state index in [0.29, 0.717) is 22.9 Å². The van der Waals surface area contributed by atoms with Crippen LogP contribution in [0.5, 0.6) is 0 Å². The quantitative estimate of drug-likeness (QED) is 0.402. The highest BCUT2D eigenvalue weighted by Crippen LogP contribution is 2.24. The van der Waals surface area contributed by atoms with Crippen molar-refractivity contribution in [2.45, 2.75) is 0 Å². The van der Waals surface area contributed by atoms with Crippen LogP contribution in [0.3, 0.4) is 0 Å². The molecule has 0 fully saturated rings. The number of oxazole rings is 1. The van der Waals surface area contributed by atoms with Crippen LogP contribution in [0.25, 0.3) is 28.8 Å². The summed E-state index contributed by atoms with van der Waals surface area (Å²) in [6.45, 7) is 0. The molecule has 0 aliphatic carbocycles. The monoisotopic (exact) mass is 390 g/mol. The number of nitrogens with zero attached hydrogens (tertiary/aromatic N) is 2. The van der Waals surface area contributed by atoms with Crippen LogP contribution in [0.2, 0.25) is 0 Å². The lowest BCUT2D eigenvalue weighted by molar-refractivity contribution is -0.115. The molecule has 0 bridgehead atoms. The molecular weight excluding hydrogens is 376 g/mol.